The lowest BCUT2D eigenvalue weighted by atomic mass is 10.0. The summed E-state index contributed by atoms with van der Waals surface area (Å²) < 4.78 is 0. The molecule has 6 nitrogen and oxygen atoms in total. The minimum Gasteiger partial charge on any atom is -0.396 e. The number of anilines is 2. The summed E-state index contributed by atoms with van der Waals surface area (Å²) in [7, 11) is 0. The fourth-order valence-corrected chi connectivity index (χ4v) is 2.73. The molecule has 0 aromatic carbocycles. The first-order valence-electron chi connectivity index (χ1n) is 7.62. The molecular formula is C15H25N5O. The molecule has 6 heteroatoms. The number of hydrogen-bond acceptors (Lipinski definition) is 5. The molecule has 1 unspecified atom stereocenters. The van der Waals surface area contributed by atoms with Crippen molar-refractivity contribution >= 4 is 17.4 Å². The van der Waals surface area contributed by atoms with E-state index in [2.05, 4.69) is 22.1 Å². The predicted octanol–water partition coefficient (Wildman–Crippen LogP) is 1.44. The maximum Gasteiger partial charge on any atom is 0.267 e. The molecule has 1 aromatic rings. The number of nitrogens with two attached hydrogens (primary N) is 2. The van der Waals surface area contributed by atoms with Crippen LogP contribution in [0.5, 0.6) is 0 Å². The number of hydrogen-bond donors (Lipinski definition) is 3. The molecule has 2 heterocycles. The summed E-state index contributed by atoms with van der Waals surface area (Å²) in [5, 5.41) is 3.19. The van der Waals surface area contributed by atoms with E-state index in [-0.39, 0.29) is 5.69 Å². The number of carbonyl (C=O) groups is 1. The van der Waals surface area contributed by atoms with Crippen molar-refractivity contribution in [2.75, 3.05) is 30.7 Å². The van der Waals surface area contributed by atoms with E-state index in [0.29, 0.717) is 17.5 Å². The summed E-state index contributed by atoms with van der Waals surface area (Å²) in [6.45, 7) is 5.34. The maximum absolute atomic E-state index is 11.1. The number of aromatic nitrogens is 1. The van der Waals surface area contributed by atoms with Crippen LogP contribution < -0.4 is 16.8 Å². The van der Waals surface area contributed by atoms with Crippen LogP contribution in [0.4, 0.5) is 11.5 Å². The van der Waals surface area contributed by atoms with Crippen molar-refractivity contribution in [2.45, 2.75) is 38.6 Å². The van der Waals surface area contributed by atoms with Crippen LogP contribution in [0.1, 0.15) is 43.1 Å². The SMILES string of the molecule is CC1CCCCN1CCCNc1nc(C(N)=O)ccc1N. The Kier molecular flexibility index (Phi) is 5.38. The first kappa shape index (κ1) is 15.6. The van der Waals surface area contributed by atoms with Crippen LogP contribution in [0.2, 0.25) is 0 Å². The molecule has 1 saturated heterocycles. The van der Waals surface area contributed by atoms with E-state index in [1.807, 2.05) is 0 Å². The zero-order chi connectivity index (χ0) is 15.2. The molecule has 116 valence electrons. The zero-order valence-electron chi connectivity index (χ0n) is 12.6. The van der Waals surface area contributed by atoms with Crippen molar-refractivity contribution in [1.29, 1.82) is 0 Å². The van der Waals surface area contributed by atoms with Gasteiger partial charge in [0.15, 0.2) is 0 Å². The fourth-order valence-electron chi connectivity index (χ4n) is 2.73. The molecule has 0 aliphatic carbocycles. The minimum atomic E-state index is -0.541. The molecule has 5 N–H and O–H groups in total. The van der Waals surface area contributed by atoms with E-state index in [1.54, 1.807) is 6.07 Å². The van der Waals surface area contributed by atoms with Gasteiger partial charge >= 0.3 is 0 Å². The molecule has 21 heavy (non-hydrogen) atoms. The lowest BCUT2D eigenvalue weighted by Crippen LogP contribution is -2.38. The molecule has 0 radical (unpaired) electrons. The van der Waals surface area contributed by atoms with Gasteiger partial charge in [-0.25, -0.2) is 4.98 Å². The number of piperidine rings is 1. The third-order valence-corrected chi connectivity index (χ3v) is 4.03. The highest BCUT2D eigenvalue weighted by Crippen LogP contribution is 2.17. The second-order valence-corrected chi connectivity index (χ2v) is 5.66. The van der Waals surface area contributed by atoms with Crippen LogP contribution in [0, 0.1) is 0 Å². The van der Waals surface area contributed by atoms with Gasteiger partial charge in [0.05, 0.1) is 5.69 Å². The number of carbonyl (C=O) groups excluding carboxylic acids is 1. The molecule has 1 aromatic heterocycles. The van der Waals surface area contributed by atoms with E-state index >= 15 is 0 Å². The summed E-state index contributed by atoms with van der Waals surface area (Å²) in [6.07, 6.45) is 4.96. The second kappa shape index (κ2) is 7.26. The van der Waals surface area contributed by atoms with Gasteiger partial charge in [-0.3, -0.25) is 4.79 Å². The largest absolute Gasteiger partial charge is 0.396 e. The molecule has 1 amide bonds. The number of pyridine rings is 1. The van der Waals surface area contributed by atoms with Crippen LogP contribution in [0.25, 0.3) is 0 Å². The summed E-state index contributed by atoms with van der Waals surface area (Å²) >= 11 is 0. The molecule has 1 atom stereocenters. The van der Waals surface area contributed by atoms with Gasteiger partial charge < -0.3 is 21.7 Å². The van der Waals surface area contributed by atoms with Crippen LogP contribution in [-0.2, 0) is 0 Å². The van der Waals surface area contributed by atoms with Crippen LogP contribution in [0.3, 0.4) is 0 Å². The number of nitrogen functional groups attached to an aromatic ring is 1. The lowest BCUT2D eigenvalue weighted by Gasteiger charge is -2.33. The zero-order valence-corrected chi connectivity index (χ0v) is 12.6. The Labute approximate surface area is 125 Å². The van der Waals surface area contributed by atoms with Crippen LogP contribution >= 0.6 is 0 Å². The number of nitrogens with zero attached hydrogens (tertiary/aromatic N) is 2. The first-order valence-corrected chi connectivity index (χ1v) is 7.62. The highest BCUT2D eigenvalue weighted by molar-refractivity contribution is 5.91. The standard InChI is InChI=1S/C15H25N5O/c1-11-5-2-3-9-20(11)10-4-8-18-15-12(16)6-7-13(19-15)14(17)21/h6-7,11H,2-5,8-10,16H2,1H3,(H2,17,21)(H,18,19). The normalized spacial score (nSPS) is 19.4. The van der Waals surface area contributed by atoms with Gasteiger partial charge in [0.25, 0.3) is 5.91 Å². The van der Waals surface area contributed by atoms with Crippen LogP contribution in [0.15, 0.2) is 12.1 Å². The van der Waals surface area contributed by atoms with Crippen molar-refractivity contribution in [3.8, 4) is 0 Å². The van der Waals surface area contributed by atoms with E-state index in [1.165, 1.54) is 31.9 Å². The van der Waals surface area contributed by atoms with E-state index in [0.717, 1.165) is 19.5 Å². The average molecular weight is 291 g/mol. The lowest BCUT2D eigenvalue weighted by molar-refractivity contribution is 0.0995. The first-order chi connectivity index (χ1) is 10.1. The van der Waals surface area contributed by atoms with Crippen molar-refractivity contribution in [2.24, 2.45) is 5.73 Å². The number of rotatable bonds is 6. The van der Waals surface area contributed by atoms with Gasteiger partial charge in [-0.1, -0.05) is 6.42 Å². The topological polar surface area (TPSA) is 97.3 Å². The summed E-state index contributed by atoms with van der Waals surface area (Å²) in [5.74, 6) is -0.00168. The molecule has 2 rings (SSSR count). The average Bonchev–Trinajstić information content (AvgIpc) is 2.46. The third-order valence-electron chi connectivity index (χ3n) is 4.03. The summed E-state index contributed by atoms with van der Waals surface area (Å²) in [5.41, 5.74) is 11.8. The van der Waals surface area contributed by atoms with Gasteiger partial charge in [-0.05, 0) is 44.9 Å². The van der Waals surface area contributed by atoms with Gasteiger partial charge in [0.1, 0.15) is 11.5 Å². The van der Waals surface area contributed by atoms with Gasteiger partial charge in [0, 0.05) is 19.1 Å². The highest BCUT2D eigenvalue weighted by Gasteiger charge is 2.17. The number of likely N-dealkylation sites (tertiary alicyclic amines) is 1. The fraction of sp³-hybridized carbons (Fsp3) is 0.600. The number of primary amides is 1. The molecular weight excluding hydrogens is 266 g/mol. The van der Waals surface area contributed by atoms with Crippen LogP contribution in [-0.4, -0.2) is 41.5 Å². The third kappa shape index (κ3) is 4.32. The highest BCUT2D eigenvalue weighted by atomic mass is 16.1. The summed E-state index contributed by atoms with van der Waals surface area (Å²) in [4.78, 5) is 17.8. The number of amides is 1. The molecule has 1 aliphatic heterocycles. The molecule has 0 bridgehead atoms. The van der Waals surface area contributed by atoms with Gasteiger partial charge in [-0.2, -0.15) is 0 Å². The van der Waals surface area contributed by atoms with Crippen molar-refractivity contribution in [3.05, 3.63) is 17.8 Å². The van der Waals surface area contributed by atoms with E-state index < -0.39 is 5.91 Å². The monoisotopic (exact) mass is 291 g/mol. The Morgan fingerprint density at radius 1 is 1.48 bits per heavy atom. The quantitative estimate of drug-likeness (QED) is 0.689. The smallest absolute Gasteiger partial charge is 0.267 e. The number of nitrogens with one attached hydrogen (secondary N) is 1. The van der Waals surface area contributed by atoms with Crippen molar-refractivity contribution < 1.29 is 4.79 Å². The minimum absolute atomic E-state index is 0.233. The molecule has 1 fully saturated rings. The van der Waals surface area contributed by atoms with Gasteiger partial charge in [-0.15, -0.1) is 0 Å². The Bertz CT molecular complexity index is 491. The van der Waals surface area contributed by atoms with Crippen molar-refractivity contribution in [1.82, 2.24) is 9.88 Å². The Hall–Kier alpha value is -1.82. The Balaban J connectivity index is 1.80. The van der Waals surface area contributed by atoms with E-state index in [9.17, 15) is 4.79 Å². The Morgan fingerprint density at radius 2 is 2.29 bits per heavy atom. The Morgan fingerprint density at radius 3 is 3.00 bits per heavy atom. The van der Waals surface area contributed by atoms with Crippen molar-refractivity contribution in [3.63, 3.8) is 0 Å². The molecule has 0 saturated carbocycles. The summed E-state index contributed by atoms with van der Waals surface area (Å²) in [6, 6.07) is 3.88. The molecule has 1 aliphatic rings. The van der Waals surface area contributed by atoms with E-state index in [4.69, 9.17) is 11.5 Å². The second-order valence-electron chi connectivity index (χ2n) is 5.66. The maximum atomic E-state index is 11.1. The molecule has 0 spiro atoms. The van der Waals surface area contributed by atoms with Gasteiger partial charge in [0.2, 0.25) is 0 Å². The predicted molar refractivity (Wildman–Crippen MR) is 85.2 cm³/mol.